The SMILES string of the molecule is CC(C)n1cc(COc2ccc3c(c2C(=O)O)O[B-](O)(O)CO3)cn1. The van der Waals surface area contributed by atoms with Crippen LogP contribution in [0.1, 0.15) is 35.8 Å². The third-order valence-electron chi connectivity index (χ3n) is 3.64. The maximum atomic E-state index is 11.6. The highest BCUT2D eigenvalue weighted by molar-refractivity contribution is 6.58. The Morgan fingerprint density at radius 2 is 2.20 bits per heavy atom. The Balaban J connectivity index is 1.87. The second-order valence-corrected chi connectivity index (χ2v) is 6.07. The molecule has 0 spiro atoms. The van der Waals surface area contributed by atoms with Crippen LogP contribution in [0.5, 0.6) is 17.2 Å². The molecule has 1 aliphatic rings. The Labute approximate surface area is 143 Å². The molecule has 1 aliphatic heterocycles. The van der Waals surface area contributed by atoms with E-state index in [2.05, 4.69) is 5.10 Å². The van der Waals surface area contributed by atoms with Gasteiger partial charge in [-0.1, -0.05) is 0 Å². The number of hydrogen-bond acceptors (Lipinski definition) is 7. The number of rotatable bonds is 5. The summed E-state index contributed by atoms with van der Waals surface area (Å²) in [4.78, 5) is 11.6. The van der Waals surface area contributed by atoms with Crippen LogP contribution in [0.15, 0.2) is 24.5 Å². The number of aromatic nitrogens is 2. The summed E-state index contributed by atoms with van der Waals surface area (Å²) in [6.07, 6.45) is 3.44. The Morgan fingerprint density at radius 1 is 1.44 bits per heavy atom. The standard InChI is InChI=1S/C15H18BN2O7/c1-9(2)18-6-10(5-17-18)7-23-11-3-4-12-14(13(11)15(19)20)25-16(21,22)8-24-12/h3-6,9,21-22H,7-8H2,1-2H3,(H,19,20)/q-1. The normalized spacial score (nSPS) is 15.2. The first-order chi connectivity index (χ1) is 11.8. The van der Waals surface area contributed by atoms with E-state index in [1.807, 2.05) is 13.8 Å². The molecule has 0 saturated heterocycles. The quantitative estimate of drug-likeness (QED) is 0.683. The number of benzene rings is 1. The molecular weight excluding hydrogens is 331 g/mol. The molecule has 2 aromatic rings. The molecule has 134 valence electrons. The van der Waals surface area contributed by atoms with Gasteiger partial charge in [0.2, 0.25) is 0 Å². The first-order valence-corrected chi connectivity index (χ1v) is 7.75. The summed E-state index contributed by atoms with van der Waals surface area (Å²) in [5, 5.41) is 32.9. The van der Waals surface area contributed by atoms with Crippen molar-refractivity contribution in [3.8, 4) is 17.2 Å². The van der Waals surface area contributed by atoms with E-state index in [4.69, 9.17) is 14.1 Å². The minimum absolute atomic E-state index is 0.0284. The van der Waals surface area contributed by atoms with Crippen LogP contribution in [0.3, 0.4) is 0 Å². The molecule has 3 N–H and O–H groups in total. The van der Waals surface area contributed by atoms with Crippen molar-refractivity contribution >= 4 is 12.7 Å². The van der Waals surface area contributed by atoms with Gasteiger partial charge in [-0.3, -0.25) is 4.68 Å². The number of carbonyl (C=O) groups is 1. The van der Waals surface area contributed by atoms with Crippen LogP contribution in [0.4, 0.5) is 0 Å². The molecule has 9 nitrogen and oxygen atoms in total. The molecule has 0 aliphatic carbocycles. The van der Waals surface area contributed by atoms with Gasteiger partial charge in [-0.2, -0.15) is 5.10 Å². The molecule has 1 aromatic heterocycles. The summed E-state index contributed by atoms with van der Waals surface area (Å²) >= 11 is 0. The fraction of sp³-hybridized carbons (Fsp3) is 0.333. The first-order valence-electron chi connectivity index (χ1n) is 7.75. The minimum atomic E-state index is -3.27. The summed E-state index contributed by atoms with van der Waals surface area (Å²) in [6.45, 7) is 0.323. The van der Waals surface area contributed by atoms with E-state index in [-0.39, 0.29) is 35.5 Å². The van der Waals surface area contributed by atoms with Crippen LogP contribution >= 0.6 is 0 Å². The third kappa shape index (κ3) is 3.54. The van der Waals surface area contributed by atoms with E-state index < -0.39 is 19.2 Å². The van der Waals surface area contributed by atoms with E-state index in [1.165, 1.54) is 12.1 Å². The van der Waals surface area contributed by atoms with Gasteiger partial charge < -0.3 is 29.3 Å². The highest BCUT2D eigenvalue weighted by Crippen LogP contribution is 2.41. The van der Waals surface area contributed by atoms with Gasteiger partial charge in [-0.25, -0.2) is 4.79 Å². The molecule has 0 amide bonds. The monoisotopic (exact) mass is 349 g/mol. The Hall–Kier alpha value is -2.72. The molecule has 10 heteroatoms. The second-order valence-electron chi connectivity index (χ2n) is 6.07. The van der Waals surface area contributed by atoms with Crippen LogP contribution in [0, 0.1) is 0 Å². The molecule has 0 radical (unpaired) electrons. The Morgan fingerprint density at radius 3 is 2.84 bits per heavy atom. The summed E-state index contributed by atoms with van der Waals surface area (Å²) in [5.41, 5.74) is 0.436. The third-order valence-corrected chi connectivity index (χ3v) is 3.64. The molecule has 2 heterocycles. The summed E-state index contributed by atoms with van der Waals surface area (Å²) < 4.78 is 17.5. The number of carboxylic acid groups (broad SMARTS) is 1. The number of ether oxygens (including phenoxy) is 2. The largest absolute Gasteiger partial charge is 0.665 e. The highest BCUT2D eigenvalue weighted by Gasteiger charge is 2.34. The lowest BCUT2D eigenvalue weighted by atomic mass is 9.80. The molecule has 0 atom stereocenters. The van der Waals surface area contributed by atoms with Crippen molar-refractivity contribution in [1.82, 2.24) is 9.78 Å². The number of aromatic carboxylic acids is 1. The summed E-state index contributed by atoms with van der Waals surface area (Å²) in [7, 11) is 0. The average molecular weight is 349 g/mol. The highest BCUT2D eigenvalue weighted by atomic mass is 16.7. The lowest BCUT2D eigenvalue weighted by Crippen LogP contribution is -2.51. The predicted octanol–water partition coefficient (Wildman–Crippen LogP) is 0.975. The fourth-order valence-electron chi connectivity index (χ4n) is 2.42. The van der Waals surface area contributed by atoms with Gasteiger partial charge in [0.1, 0.15) is 23.7 Å². The van der Waals surface area contributed by atoms with Gasteiger partial charge in [-0.15, -0.1) is 0 Å². The van der Waals surface area contributed by atoms with Gasteiger partial charge in [0.15, 0.2) is 5.75 Å². The van der Waals surface area contributed by atoms with Crippen LogP contribution < -0.4 is 14.1 Å². The zero-order valence-electron chi connectivity index (χ0n) is 13.7. The summed E-state index contributed by atoms with van der Waals surface area (Å²) in [6, 6.07) is 3.09. The van der Waals surface area contributed by atoms with E-state index in [0.717, 1.165) is 5.56 Å². The first kappa shape index (κ1) is 17.1. The Kier molecular flexibility index (Phi) is 4.31. The molecule has 0 unspecified atom stereocenters. The zero-order valence-corrected chi connectivity index (χ0v) is 13.7. The van der Waals surface area contributed by atoms with Gasteiger partial charge in [0, 0.05) is 17.8 Å². The van der Waals surface area contributed by atoms with Crippen molar-refractivity contribution in [2.75, 3.05) is 6.51 Å². The van der Waals surface area contributed by atoms with Crippen molar-refractivity contribution < 1.29 is 34.1 Å². The van der Waals surface area contributed by atoms with Crippen LogP contribution in [0.2, 0.25) is 0 Å². The Bertz CT molecular complexity index is 803. The topological polar surface area (TPSA) is 123 Å². The molecule has 25 heavy (non-hydrogen) atoms. The van der Waals surface area contributed by atoms with E-state index in [1.54, 1.807) is 17.1 Å². The number of nitrogens with zero attached hydrogens (tertiary/aromatic N) is 2. The lowest BCUT2D eigenvalue weighted by molar-refractivity contribution is 0.0685. The van der Waals surface area contributed by atoms with Crippen LogP contribution in [-0.2, 0) is 6.61 Å². The molecule has 0 fully saturated rings. The van der Waals surface area contributed by atoms with Crippen molar-refractivity contribution in [1.29, 1.82) is 0 Å². The zero-order chi connectivity index (χ0) is 18.2. The molecular formula is C15H18BN2O7-. The smallest absolute Gasteiger partial charge is 0.467 e. The molecule has 1 aromatic carbocycles. The molecule has 0 saturated carbocycles. The van der Waals surface area contributed by atoms with Gasteiger partial charge in [-0.05, 0) is 26.0 Å². The number of fused-ring (bicyclic) bond motifs is 1. The van der Waals surface area contributed by atoms with Gasteiger partial charge >= 0.3 is 12.7 Å². The van der Waals surface area contributed by atoms with E-state index in [0.29, 0.717) is 0 Å². The summed E-state index contributed by atoms with van der Waals surface area (Å²) in [5.74, 6) is -1.46. The maximum Gasteiger partial charge on any atom is 0.467 e. The van der Waals surface area contributed by atoms with E-state index >= 15 is 0 Å². The van der Waals surface area contributed by atoms with Crippen molar-refractivity contribution in [2.45, 2.75) is 26.5 Å². The van der Waals surface area contributed by atoms with Gasteiger partial charge in [0.25, 0.3) is 0 Å². The average Bonchev–Trinajstić information content (AvgIpc) is 3.00. The molecule has 0 bridgehead atoms. The van der Waals surface area contributed by atoms with Crippen molar-refractivity contribution in [3.05, 3.63) is 35.7 Å². The number of hydrogen-bond donors (Lipinski definition) is 3. The van der Waals surface area contributed by atoms with Gasteiger partial charge in [0.05, 0.1) is 12.7 Å². The van der Waals surface area contributed by atoms with Crippen LogP contribution in [-0.4, -0.2) is 44.2 Å². The van der Waals surface area contributed by atoms with Crippen LogP contribution in [0.25, 0.3) is 0 Å². The van der Waals surface area contributed by atoms with Crippen molar-refractivity contribution in [2.24, 2.45) is 0 Å². The van der Waals surface area contributed by atoms with Crippen molar-refractivity contribution in [3.63, 3.8) is 0 Å². The number of carboxylic acids is 1. The minimum Gasteiger partial charge on any atom is -0.665 e. The van der Waals surface area contributed by atoms with E-state index in [9.17, 15) is 19.9 Å². The predicted molar refractivity (Wildman–Crippen MR) is 86.7 cm³/mol. The fourth-order valence-corrected chi connectivity index (χ4v) is 2.42. The molecule has 3 rings (SSSR count). The second kappa shape index (κ2) is 6.30. The maximum absolute atomic E-state index is 11.6. The lowest BCUT2D eigenvalue weighted by Gasteiger charge is -2.37.